The van der Waals surface area contributed by atoms with Gasteiger partial charge in [0.25, 0.3) is 11.7 Å². The van der Waals surface area contributed by atoms with E-state index in [0.29, 0.717) is 23.7 Å². The van der Waals surface area contributed by atoms with E-state index >= 15 is 0 Å². The van der Waals surface area contributed by atoms with Crippen molar-refractivity contribution >= 4 is 29.1 Å². The highest BCUT2D eigenvalue weighted by Crippen LogP contribution is 2.41. The summed E-state index contributed by atoms with van der Waals surface area (Å²) in [4.78, 5) is 27.5. The van der Waals surface area contributed by atoms with Crippen LogP contribution < -0.4 is 9.47 Å². The number of aliphatic hydroxyl groups is 1. The molecule has 176 valence electrons. The van der Waals surface area contributed by atoms with Gasteiger partial charge in [-0.2, -0.15) is 0 Å². The summed E-state index contributed by atoms with van der Waals surface area (Å²) < 4.78 is 16.3. The second-order valence-corrected chi connectivity index (χ2v) is 8.17. The van der Waals surface area contributed by atoms with Crippen LogP contribution in [0.15, 0.2) is 48.0 Å². The number of carbonyl (C=O) groups excluding carboxylic acids is 2. The molecule has 0 aliphatic carbocycles. The summed E-state index contributed by atoms with van der Waals surface area (Å²) in [6, 6.07) is 11.0. The Kier molecular flexibility index (Phi) is 8.00. The van der Waals surface area contributed by atoms with Crippen LogP contribution in [0.4, 0.5) is 0 Å². The van der Waals surface area contributed by atoms with Crippen molar-refractivity contribution in [3.8, 4) is 11.5 Å². The zero-order valence-electron chi connectivity index (χ0n) is 19.1. The van der Waals surface area contributed by atoms with Gasteiger partial charge in [0.05, 0.1) is 43.1 Å². The van der Waals surface area contributed by atoms with E-state index in [2.05, 4.69) is 0 Å². The highest BCUT2D eigenvalue weighted by molar-refractivity contribution is 6.47. The molecular formula is C25H28ClNO6. The minimum absolute atomic E-state index is 0.0265. The molecule has 0 saturated carbocycles. The SMILES string of the molecule is CCOc1ccc(C2/C(=C(\O)c3cc(OC)ccc3Cl)C(=O)C(=O)N2CCOC(C)C)cc1. The monoisotopic (exact) mass is 473 g/mol. The maximum atomic E-state index is 13.1. The van der Waals surface area contributed by atoms with Crippen LogP contribution in [0.3, 0.4) is 0 Å². The Morgan fingerprint density at radius 1 is 1.12 bits per heavy atom. The van der Waals surface area contributed by atoms with E-state index in [9.17, 15) is 14.7 Å². The quantitative estimate of drug-likeness (QED) is 0.325. The molecule has 7 nitrogen and oxygen atoms in total. The van der Waals surface area contributed by atoms with Crippen molar-refractivity contribution in [1.29, 1.82) is 0 Å². The minimum atomic E-state index is -0.807. The van der Waals surface area contributed by atoms with Gasteiger partial charge in [-0.25, -0.2) is 0 Å². The smallest absolute Gasteiger partial charge is 0.295 e. The van der Waals surface area contributed by atoms with Crippen LogP contribution in [0.2, 0.25) is 5.02 Å². The predicted octanol–water partition coefficient (Wildman–Crippen LogP) is 4.59. The normalized spacial score (nSPS) is 17.6. The Morgan fingerprint density at radius 3 is 2.39 bits per heavy atom. The number of benzene rings is 2. The lowest BCUT2D eigenvalue weighted by atomic mass is 9.95. The van der Waals surface area contributed by atoms with Gasteiger partial charge in [0.1, 0.15) is 17.3 Å². The number of carbonyl (C=O) groups is 2. The van der Waals surface area contributed by atoms with E-state index in [1.54, 1.807) is 36.4 Å². The van der Waals surface area contributed by atoms with Crippen molar-refractivity contribution in [2.24, 2.45) is 0 Å². The summed E-state index contributed by atoms with van der Waals surface area (Å²) in [5.41, 5.74) is 0.829. The van der Waals surface area contributed by atoms with Crippen LogP contribution in [-0.4, -0.2) is 54.7 Å². The number of halogens is 1. The molecule has 0 radical (unpaired) electrons. The van der Waals surface area contributed by atoms with Crippen molar-refractivity contribution in [2.45, 2.75) is 32.9 Å². The topological polar surface area (TPSA) is 85.3 Å². The average molecular weight is 474 g/mol. The van der Waals surface area contributed by atoms with Crippen molar-refractivity contribution in [2.75, 3.05) is 26.9 Å². The minimum Gasteiger partial charge on any atom is -0.507 e. The van der Waals surface area contributed by atoms with Gasteiger partial charge in [-0.3, -0.25) is 9.59 Å². The molecule has 2 aromatic carbocycles. The Labute approximate surface area is 198 Å². The van der Waals surface area contributed by atoms with Gasteiger partial charge in [0.2, 0.25) is 0 Å². The Hall–Kier alpha value is -3.03. The van der Waals surface area contributed by atoms with E-state index < -0.39 is 17.7 Å². The third-order valence-electron chi connectivity index (χ3n) is 5.26. The number of ketones is 1. The summed E-state index contributed by atoms with van der Waals surface area (Å²) in [5.74, 6) is -0.727. The van der Waals surface area contributed by atoms with Gasteiger partial charge in [-0.05, 0) is 56.7 Å². The van der Waals surface area contributed by atoms with Gasteiger partial charge < -0.3 is 24.2 Å². The molecule has 1 fully saturated rings. The summed E-state index contributed by atoms with van der Waals surface area (Å²) in [7, 11) is 1.49. The first-order valence-corrected chi connectivity index (χ1v) is 11.1. The van der Waals surface area contributed by atoms with E-state index in [1.165, 1.54) is 18.1 Å². The molecule has 0 aromatic heterocycles. The van der Waals surface area contributed by atoms with Crippen LogP contribution in [0.1, 0.15) is 37.9 Å². The molecule has 1 saturated heterocycles. The number of methoxy groups -OCH3 is 1. The third kappa shape index (κ3) is 5.31. The molecule has 1 amide bonds. The van der Waals surface area contributed by atoms with E-state index in [4.69, 9.17) is 25.8 Å². The van der Waals surface area contributed by atoms with E-state index in [-0.39, 0.29) is 41.2 Å². The number of ether oxygens (including phenoxy) is 3. The standard InChI is InChI=1S/C25H28ClNO6/c1-5-32-17-8-6-16(7-9-17)22-21(23(28)19-14-18(31-4)10-11-20(19)26)24(29)25(30)27(22)12-13-33-15(2)3/h6-11,14-15,22,28H,5,12-13H2,1-4H3/b23-21+. The molecule has 8 heteroatoms. The second-order valence-electron chi connectivity index (χ2n) is 7.76. The second kappa shape index (κ2) is 10.7. The maximum absolute atomic E-state index is 13.1. The fourth-order valence-electron chi connectivity index (χ4n) is 3.71. The molecule has 33 heavy (non-hydrogen) atoms. The molecule has 1 aliphatic heterocycles. The Balaban J connectivity index is 2.12. The summed E-state index contributed by atoms with van der Waals surface area (Å²) in [6.45, 7) is 6.61. The van der Waals surface area contributed by atoms with Crippen molar-refractivity contribution in [3.63, 3.8) is 0 Å². The maximum Gasteiger partial charge on any atom is 0.295 e. The highest BCUT2D eigenvalue weighted by atomic mass is 35.5. The molecular weight excluding hydrogens is 446 g/mol. The third-order valence-corrected chi connectivity index (χ3v) is 5.59. The number of Topliss-reactive ketones (excluding diaryl/α,β-unsaturated/α-hetero) is 1. The Bertz CT molecular complexity index is 1050. The number of likely N-dealkylation sites (tertiary alicyclic amines) is 1. The molecule has 1 unspecified atom stereocenters. The zero-order chi connectivity index (χ0) is 24.1. The molecule has 0 spiro atoms. The van der Waals surface area contributed by atoms with Crippen LogP contribution >= 0.6 is 11.6 Å². The molecule has 2 aromatic rings. The fraction of sp³-hybridized carbons (Fsp3) is 0.360. The van der Waals surface area contributed by atoms with Gasteiger partial charge >= 0.3 is 0 Å². The largest absolute Gasteiger partial charge is 0.507 e. The average Bonchev–Trinajstić information content (AvgIpc) is 3.04. The number of amides is 1. The van der Waals surface area contributed by atoms with Crippen LogP contribution in [-0.2, 0) is 14.3 Å². The Morgan fingerprint density at radius 2 is 1.79 bits per heavy atom. The van der Waals surface area contributed by atoms with Crippen molar-refractivity contribution < 1.29 is 28.9 Å². The van der Waals surface area contributed by atoms with Crippen molar-refractivity contribution in [3.05, 3.63) is 64.2 Å². The number of hydrogen-bond donors (Lipinski definition) is 1. The lowest BCUT2D eigenvalue weighted by Crippen LogP contribution is -2.33. The zero-order valence-corrected chi connectivity index (χ0v) is 19.9. The molecule has 0 bridgehead atoms. The lowest BCUT2D eigenvalue weighted by Gasteiger charge is -2.26. The van der Waals surface area contributed by atoms with E-state index in [1.807, 2.05) is 20.8 Å². The van der Waals surface area contributed by atoms with Crippen LogP contribution in [0, 0.1) is 0 Å². The first-order chi connectivity index (χ1) is 15.8. The summed E-state index contributed by atoms with van der Waals surface area (Å²) >= 11 is 6.32. The van der Waals surface area contributed by atoms with Gasteiger partial charge in [0.15, 0.2) is 0 Å². The molecule has 1 heterocycles. The highest BCUT2D eigenvalue weighted by Gasteiger charge is 2.46. The van der Waals surface area contributed by atoms with Crippen molar-refractivity contribution in [1.82, 2.24) is 4.90 Å². The molecule has 1 N–H and O–H groups in total. The number of nitrogens with zero attached hydrogens (tertiary/aromatic N) is 1. The van der Waals surface area contributed by atoms with Crippen LogP contribution in [0.5, 0.6) is 11.5 Å². The molecule has 1 aliphatic rings. The van der Waals surface area contributed by atoms with Gasteiger partial charge in [0, 0.05) is 12.1 Å². The summed E-state index contributed by atoms with van der Waals surface area (Å²) in [5, 5.41) is 11.4. The number of rotatable bonds is 9. The molecule has 1 atom stereocenters. The summed E-state index contributed by atoms with van der Waals surface area (Å²) in [6.07, 6.45) is -0.0265. The number of aliphatic hydroxyl groups excluding tert-OH is 1. The molecule has 3 rings (SSSR count). The number of hydrogen-bond acceptors (Lipinski definition) is 6. The van der Waals surface area contributed by atoms with E-state index in [0.717, 1.165) is 0 Å². The first kappa shape index (κ1) is 24.6. The van der Waals surface area contributed by atoms with Gasteiger partial charge in [-0.15, -0.1) is 0 Å². The lowest BCUT2D eigenvalue weighted by molar-refractivity contribution is -0.140. The first-order valence-electron chi connectivity index (χ1n) is 10.7. The van der Waals surface area contributed by atoms with Crippen LogP contribution in [0.25, 0.3) is 5.76 Å². The van der Waals surface area contributed by atoms with Gasteiger partial charge in [-0.1, -0.05) is 23.7 Å². The predicted molar refractivity (Wildman–Crippen MR) is 126 cm³/mol. The fourth-order valence-corrected chi connectivity index (χ4v) is 3.92.